The van der Waals surface area contributed by atoms with Crippen LogP contribution in [0.2, 0.25) is 0 Å². The van der Waals surface area contributed by atoms with Gasteiger partial charge in [-0.2, -0.15) is 0 Å². The van der Waals surface area contributed by atoms with Gasteiger partial charge < -0.3 is 5.11 Å². The summed E-state index contributed by atoms with van der Waals surface area (Å²) in [5.74, 6) is -0.205. The van der Waals surface area contributed by atoms with Crippen molar-refractivity contribution in [3.05, 3.63) is 217 Å². The minimum absolute atomic E-state index is 0. The number of fused-ring (bicyclic) bond motifs is 1. The standard InChI is InChI=1S/C67H62N3O.Pt/c1-42(2)50-37-57(44(5)6)65(71)60(38-50)66-69-64-55(26-19-27-62(64)70(66)63-41-58(47-22-15-11-16-23-47)56(43(3)4)40-59(63)48-24-17-12-18-25-48)52-34-51(45-20-13-10-14-21-45)35-53(36-52)61-39-49(32-33-68-61)46-28-30-54(31-29-46)67(7,8)9;/h10-35,37-44,71H,1-9H3;/q-1;/i7D3,8D3,9D3,43D;. The van der Waals surface area contributed by atoms with E-state index in [1.807, 2.05) is 105 Å². The molecule has 10 rings (SSSR count). The summed E-state index contributed by atoms with van der Waals surface area (Å²) >= 11 is 0. The van der Waals surface area contributed by atoms with Gasteiger partial charge in [0.2, 0.25) is 0 Å². The Balaban J connectivity index is 0.00000810. The molecular formula is C67H62N3OPt-. The van der Waals surface area contributed by atoms with Crippen LogP contribution in [0.15, 0.2) is 188 Å². The number of benzene rings is 8. The molecule has 4 nitrogen and oxygen atoms in total. The topological polar surface area (TPSA) is 50.9 Å². The average Bonchev–Trinajstić information content (AvgIpc) is 1.26. The first-order valence-electron chi connectivity index (χ1n) is 29.2. The third kappa shape index (κ3) is 9.78. The van der Waals surface area contributed by atoms with Crippen LogP contribution in [-0.4, -0.2) is 19.6 Å². The molecule has 0 saturated heterocycles. The molecular weight excluding hydrogens is 1060 g/mol. The molecule has 0 aliphatic carbocycles. The first-order chi connectivity index (χ1) is 38.3. The van der Waals surface area contributed by atoms with Gasteiger partial charge in [0.15, 0.2) is 0 Å². The zero-order valence-electron chi connectivity index (χ0n) is 51.2. The second-order valence-electron chi connectivity index (χ2n) is 19.2. The number of phenolic OH excluding ortho intramolecular Hbond substituents is 1. The van der Waals surface area contributed by atoms with Crippen molar-refractivity contribution in [2.45, 2.75) is 85.2 Å². The fraction of sp³-hybridized carbons (Fsp3) is 0.194. The number of aromatic hydroxyl groups is 1. The van der Waals surface area contributed by atoms with Crippen LogP contribution < -0.4 is 0 Å². The van der Waals surface area contributed by atoms with E-state index in [1.54, 1.807) is 24.4 Å². The van der Waals surface area contributed by atoms with Gasteiger partial charge in [0.1, 0.15) is 11.6 Å². The summed E-state index contributed by atoms with van der Waals surface area (Å²) in [5.41, 5.74) is 11.4. The van der Waals surface area contributed by atoms with Crippen LogP contribution in [0, 0.1) is 6.07 Å². The van der Waals surface area contributed by atoms with Gasteiger partial charge in [-0.05, 0) is 109 Å². The number of hydrogen-bond donors (Lipinski definition) is 1. The second kappa shape index (κ2) is 20.5. The van der Waals surface area contributed by atoms with Crippen molar-refractivity contribution in [1.29, 1.82) is 0 Å². The third-order valence-corrected chi connectivity index (χ3v) is 13.4. The fourth-order valence-corrected chi connectivity index (χ4v) is 9.58. The second-order valence-corrected chi connectivity index (χ2v) is 19.2. The summed E-state index contributed by atoms with van der Waals surface area (Å²) in [6.07, 6.45) is 1.65. The van der Waals surface area contributed by atoms with E-state index in [0.29, 0.717) is 44.9 Å². The number of phenols is 1. The van der Waals surface area contributed by atoms with Crippen molar-refractivity contribution in [2.75, 3.05) is 0 Å². The third-order valence-electron chi connectivity index (χ3n) is 13.4. The number of nitrogens with zero attached hydrogens (tertiary/aromatic N) is 3. The van der Waals surface area contributed by atoms with E-state index in [1.165, 1.54) is 12.1 Å². The van der Waals surface area contributed by atoms with Gasteiger partial charge in [-0.15, -0.1) is 23.8 Å². The molecule has 0 radical (unpaired) electrons. The quantitative estimate of drug-likeness (QED) is 0.131. The van der Waals surface area contributed by atoms with E-state index in [0.717, 1.165) is 66.8 Å². The van der Waals surface area contributed by atoms with Gasteiger partial charge >= 0.3 is 0 Å². The van der Waals surface area contributed by atoms with Crippen molar-refractivity contribution >= 4 is 11.0 Å². The monoisotopic (exact) mass is 1130 g/mol. The Morgan fingerprint density at radius 3 is 1.79 bits per heavy atom. The molecule has 0 saturated carbocycles. The predicted octanol–water partition coefficient (Wildman–Crippen LogP) is 18.3. The molecule has 72 heavy (non-hydrogen) atoms. The average molecular weight is 1130 g/mol. The number of pyridine rings is 1. The summed E-state index contributed by atoms with van der Waals surface area (Å²) in [6.45, 7) is 2.10. The van der Waals surface area contributed by atoms with Crippen molar-refractivity contribution in [1.82, 2.24) is 14.5 Å². The van der Waals surface area contributed by atoms with Crippen LogP contribution in [0.1, 0.15) is 116 Å². The van der Waals surface area contributed by atoms with Gasteiger partial charge in [0.25, 0.3) is 0 Å². The number of hydrogen-bond acceptors (Lipinski definition) is 3. The molecule has 8 aromatic carbocycles. The normalized spacial score (nSPS) is 14.4. The molecule has 0 fully saturated rings. The number of rotatable bonds is 11. The molecule has 0 atom stereocenters. The van der Waals surface area contributed by atoms with Crippen LogP contribution in [0.4, 0.5) is 0 Å². The SMILES string of the molecule is [2H]C(C)(C)c1cc(-c2ccccc2)c(-n2c(-c3cc(C(C)C)cc(C(C)C)c3O)nc3c(-c4[c-]c(-c5cc(-c6ccc(C(C([2H])([2H])[2H])(C([2H])([2H])[2H])C([2H])([2H])[2H])cc6)ccn5)cc(-c5ccccc5)c4)cccc32)cc1-c1ccccc1.[Pt]. The Kier molecular flexibility index (Phi) is 11.0. The molecule has 0 unspecified atom stereocenters. The van der Waals surface area contributed by atoms with Crippen LogP contribution >= 0.6 is 0 Å². The number of aromatic nitrogens is 3. The predicted molar refractivity (Wildman–Crippen MR) is 298 cm³/mol. The van der Waals surface area contributed by atoms with Crippen LogP contribution in [0.5, 0.6) is 5.75 Å². The van der Waals surface area contributed by atoms with Crippen molar-refractivity contribution in [3.63, 3.8) is 0 Å². The molecule has 0 spiro atoms. The Labute approximate surface area is 454 Å². The van der Waals surface area contributed by atoms with Crippen molar-refractivity contribution < 1.29 is 39.9 Å². The van der Waals surface area contributed by atoms with E-state index in [9.17, 15) is 6.48 Å². The van der Waals surface area contributed by atoms with E-state index in [4.69, 9.17) is 22.3 Å². The maximum Gasteiger partial charge on any atom is 0.148 e. The molecule has 362 valence electrons. The molecule has 0 amide bonds. The van der Waals surface area contributed by atoms with E-state index in [2.05, 4.69) is 99.0 Å². The molecule has 2 heterocycles. The maximum absolute atomic E-state index is 12.6. The van der Waals surface area contributed by atoms with E-state index < -0.39 is 31.9 Å². The number of imidazole rings is 1. The molecule has 0 aliphatic rings. The molecule has 10 aromatic rings. The molecule has 2 aromatic heterocycles. The number of para-hydroxylation sites is 1. The van der Waals surface area contributed by atoms with Crippen molar-refractivity contribution in [3.8, 4) is 89.7 Å². The largest absolute Gasteiger partial charge is 0.507 e. The maximum atomic E-state index is 12.6. The Bertz CT molecular complexity index is 3900. The summed E-state index contributed by atoms with van der Waals surface area (Å²) in [7, 11) is 0. The fourth-order valence-electron chi connectivity index (χ4n) is 9.58. The molecule has 5 heteroatoms. The summed E-state index contributed by atoms with van der Waals surface area (Å²) in [4.78, 5) is 10.5. The minimum atomic E-state index is -3.39. The summed E-state index contributed by atoms with van der Waals surface area (Å²) < 4.78 is 86.0. The van der Waals surface area contributed by atoms with Gasteiger partial charge in [-0.3, -0.25) is 9.55 Å². The molecule has 0 bridgehead atoms. The van der Waals surface area contributed by atoms with E-state index >= 15 is 0 Å². The van der Waals surface area contributed by atoms with Gasteiger partial charge in [0.05, 0.1) is 22.3 Å². The Hall–Kier alpha value is -7.13. The van der Waals surface area contributed by atoms with Crippen LogP contribution in [0.25, 0.3) is 95.0 Å². The smallest absolute Gasteiger partial charge is 0.148 e. The first-order valence-corrected chi connectivity index (χ1v) is 24.2. The van der Waals surface area contributed by atoms with Crippen molar-refractivity contribution in [2.24, 2.45) is 0 Å². The zero-order chi connectivity index (χ0) is 58.0. The van der Waals surface area contributed by atoms with Gasteiger partial charge in [-0.1, -0.05) is 218 Å². The summed E-state index contributed by atoms with van der Waals surface area (Å²) in [5, 5.41) is 12.6. The van der Waals surface area contributed by atoms with E-state index in [-0.39, 0.29) is 44.2 Å². The molecule has 1 N–H and O–H groups in total. The zero-order valence-corrected chi connectivity index (χ0v) is 43.4. The summed E-state index contributed by atoms with van der Waals surface area (Å²) in [6, 6.07) is 62.0. The Morgan fingerprint density at radius 2 is 1.17 bits per heavy atom. The van der Waals surface area contributed by atoms with Crippen LogP contribution in [-0.2, 0) is 26.5 Å². The van der Waals surface area contributed by atoms with Gasteiger partial charge in [-0.25, -0.2) is 4.98 Å². The first kappa shape index (κ1) is 38.5. The van der Waals surface area contributed by atoms with Crippen LogP contribution in [0.3, 0.4) is 0 Å². The Morgan fingerprint density at radius 1 is 0.542 bits per heavy atom. The minimum Gasteiger partial charge on any atom is -0.507 e. The molecule has 0 aliphatic heterocycles. The van der Waals surface area contributed by atoms with Gasteiger partial charge in [0, 0.05) is 52.2 Å².